The third-order valence-electron chi connectivity index (χ3n) is 3.72. The van der Waals surface area contributed by atoms with Crippen LogP contribution in [0.1, 0.15) is 17.1 Å². The molecule has 0 aliphatic rings. The number of benzene rings is 1. The van der Waals surface area contributed by atoms with Gasteiger partial charge < -0.3 is 4.74 Å². The van der Waals surface area contributed by atoms with Crippen molar-refractivity contribution in [2.45, 2.75) is 20.8 Å². The minimum Gasteiger partial charge on any atom is -0.495 e. The number of ether oxygens (including phenoxy) is 1. The number of methoxy groups -OCH3 is 1. The van der Waals surface area contributed by atoms with E-state index in [4.69, 9.17) is 4.74 Å². The second kappa shape index (κ2) is 5.60. The summed E-state index contributed by atoms with van der Waals surface area (Å²) in [7, 11) is 1.67. The molecule has 0 saturated carbocycles. The van der Waals surface area contributed by atoms with Crippen molar-refractivity contribution in [2.75, 3.05) is 7.11 Å². The molecule has 5 nitrogen and oxygen atoms in total. The molecule has 0 unspecified atom stereocenters. The molecule has 0 spiro atoms. The van der Waals surface area contributed by atoms with Crippen LogP contribution in [0, 0.1) is 20.8 Å². The standard InChI is InChI=1S/C17H18N4O/c1-11-7-5-9-15(22-4)16(11)21-13(3)19-20-17(21)14-8-6-10-18-12(14)2/h5-10H,1-4H3. The fourth-order valence-corrected chi connectivity index (χ4v) is 2.61. The van der Waals surface area contributed by atoms with E-state index >= 15 is 0 Å². The zero-order chi connectivity index (χ0) is 15.7. The summed E-state index contributed by atoms with van der Waals surface area (Å²) in [6.07, 6.45) is 1.78. The van der Waals surface area contributed by atoms with Crippen molar-refractivity contribution < 1.29 is 4.74 Å². The predicted octanol–water partition coefficient (Wildman–Crippen LogP) is 3.26. The van der Waals surface area contributed by atoms with Crippen LogP contribution >= 0.6 is 0 Å². The number of nitrogens with zero attached hydrogens (tertiary/aromatic N) is 4. The Bertz CT molecular complexity index is 823. The van der Waals surface area contributed by atoms with E-state index in [9.17, 15) is 0 Å². The molecule has 22 heavy (non-hydrogen) atoms. The van der Waals surface area contributed by atoms with E-state index in [1.165, 1.54) is 0 Å². The molecule has 0 fully saturated rings. The molecule has 1 aromatic carbocycles. The smallest absolute Gasteiger partial charge is 0.170 e. The van der Waals surface area contributed by atoms with Gasteiger partial charge in [-0.2, -0.15) is 0 Å². The second-order valence-corrected chi connectivity index (χ2v) is 5.17. The largest absolute Gasteiger partial charge is 0.495 e. The Balaban J connectivity index is 2.31. The molecule has 0 N–H and O–H groups in total. The topological polar surface area (TPSA) is 52.8 Å². The molecule has 3 rings (SSSR count). The zero-order valence-corrected chi connectivity index (χ0v) is 13.2. The van der Waals surface area contributed by atoms with E-state index in [0.717, 1.165) is 39.9 Å². The minimum absolute atomic E-state index is 0.774. The average Bonchev–Trinajstić information content (AvgIpc) is 2.89. The van der Waals surface area contributed by atoms with E-state index in [2.05, 4.69) is 28.2 Å². The van der Waals surface area contributed by atoms with Gasteiger partial charge in [0.1, 0.15) is 11.6 Å². The zero-order valence-electron chi connectivity index (χ0n) is 13.2. The molecule has 0 bridgehead atoms. The number of hydrogen-bond donors (Lipinski definition) is 0. The number of hydrogen-bond acceptors (Lipinski definition) is 4. The Kier molecular flexibility index (Phi) is 3.63. The fraction of sp³-hybridized carbons (Fsp3) is 0.235. The summed E-state index contributed by atoms with van der Waals surface area (Å²) < 4.78 is 7.56. The van der Waals surface area contributed by atoms with E-state index < -0.39 is 0 Å². The number of para-hydroxylation sites is 1. The summed E-state index contributed by atoms with van der Waals surface area (Å²) in [6.45, 7) is 5.96. The molecule has 2 aromatic heterocycles. The summed E-state index contributed by atoms with van der Waals surface area (Å²) in [5.74, 6) is 2.38. The van der Waals surface area contributed by atoms with Gasteiger partial charge in [0, 0.05) is 17.5 Å². The van der Waals surface area contributed by atoms with Crippen molar-refractivity contribution in [1.29, 1.82) is 0 Å². The first kappa shape index (κ1) is 14.3. The molecule has 3 aromatic rings. The van der Waals surface area contributed by atoms with Crippen molar-refractivity contribution >= 4 is 0 Å². The third kappa shape index (κ3) is 2.24. The van der Waals surface area contributed by atoms with Gasteiger partial charge >= 0.3 is 0 Å². The summed E-state index contributed by atoms with van der Waals surface area (Å²) in [5.41, 5.74) is 3.95. The Morgan fingerprint density at radius 3 is 2.55 bits per heavy atom. The summed E-state index contributed by atoms with van der Waals surface area (Å²) in [6, 6.07) is 9.89. The maximum atomic E-state index is 5.53. The molecule has 5 heteroatoms. The number of rotatable bonds is 3. The number of aryl methyl sites for hydroxylation is 3. The molecular weight excluding hydrogens is 276 g/mol. The predicted molar refractivity (Wildman–Crippen MR) is 85.4 cm³/mol. The lowest BCUT2D eigenvalue weighted by Crippen LogP contribution is -2.05. The molecule has 0 aliphatic heterocycles. The number of aromatic nitrogens is 4. The van der Waals surface area contributed by atoms with Gasteiger partial charge in [0.15, 0.2) is 5.82 Å². The monoisotopic (exact) mass is 294 g/mol. The van der Waals surface area contributed by atoms with Crippen molar-refractivity contribution in [3.05, 3.63) is 53.6 Å². The molecule has 2 heterocycles. The van der Waals surface area contributed by atoms with Gasteiger partial charge in [-0.1, -0.05) is 12.1 Å². The maximum absolute atomic E-state index is 5.53. The van der Waals surface area contributed by atoms with Crippen LogP contribution in [-0.2, 0) is 0 Å². The highest BCUT2D eigenvalue weighted by atomic mass is 16.5. The molecule has 0 aliphatic carbocycles. The van der Waals surface area contributed by atoms with Crippen LogP contribution in [0.5, 0.6) is 5.75 Å². The molecule has 0 saturated heterocycles. The van der Waals surface area contributed by atoms with Gasteiger partial charge in [-0.15, -0.1) is 10.2 Å². The van der Waals surface area contributed by atoms with Crippen molar-refractivity contribution in [3.8, 4) is 22.8 Å². The molecule has 0 radical (unpaired) electrons. The molecule has 112 valence electrons. The van der Waals surface area contributed by atoms with Gasteiger partial charge in [-0.05, 0) is 44.5 Å². The lowest BCUT2D eigenvalue weighted by molar-refractivity contribution is 0.412. The van der Waals surface area contributed by atoms with E-state index in [-0.39, 0.29) is 0 Å². The second-order valence-electron chi connectivity index (χ2n) is 5.17. The number of pyridine rings is 1. The molecule has 0 amide bonds. The van der Waals surface area contributed by atoms with Crippen molar-refractivity contribution in [3.63, 3.8) is 0 Å². The maximum Gasteiger partial charge on any atom is 0.170 e. The normalized spacial score (nSPS) is 10.7. The Labute approximate surface area is 129 Å². The Hall–Kier alpha value is -2.69. The summed E-state index contributed by atoms with van der Waals surface area (Å²) in [4.78, 5) is 4.35. The van der Waals surface area contributed by atoms with Crippen molar-refractivity contribution in [2.24, 2.45) is 0 Å². The summed E-state index contributed by atoms with van der Waals surface area (Å²) in [5, 5.41) is 8.61. The lowest BCUT2D eigenvalue weighted by Gasteiger charge is -2.16. The quantitative estimate of drug-likeness (QED) is 0.744. The van der Waals surface area contributed by atoms with Crippen LogP contribution < -0.4 is 4.74 Å². The highest BCUT2D eigenvalue weighted by Crippen LogP contribution is 2.31. The van der Waals surface area contributed by atoms with Gasteiger partial charge in [-0.3, -0.25) is 9.55 Å². The van der Waals surface area contributed by atoms with Crippen molar-refractivity contribution in [1.82, 2.24) is 19.7 Å². The minimum atomic E-state index is 0.774. The first-order valence-corrected chi connectivity index (χ1v) is 7.11. The Morgan fingerprint density at radius 2 is 1.82 bits per heavy atom. The van der Waals surface area contributed by atoms with Crippen LogP contribution in [0.25, 0.3) is 17.1 Å². The van der Waals surface area contributed by atoms with Gasteiger partial charge in [0.05, 0.1) is 12.8 Å². The van der Waals surface area contributed by atoms with Crippen LogP contribution in [0.3, 0.4) is 0 Å². The van der Waals surface area contributed by atoms with Gasteiger partial charge in [0.2, 0.25) is 0 Å². The fourth-order valence-electron chi connectivity index (χ4n) is 2.61. The first-order chi connectivity index (χ1) is 10.6. The van der Waals surface area contributed by atoms with Crippen LogP contribution in [0.4, 0.5) is 0 Å². The highest BCUT2D eigenvalue weighted by molar-refractivity contribution is 5.64. The van der Waals surface area contributed by atoms with Gasteiger partial charge in [-0.25, -0.2) is 0 Å². The summed E-state index contributed by atoms with van der Waals surface area (Å²) >= 11 is 0. The first-order valence-electron chi connectivity index (χ1n) is 7.11. The van der Waals surface area contributed by atoms with E-state index in [1.807, 2.05) is 42.7 Å². The SMILES string of the molecule is COc1cccc(C)c1-n1c(C)nnc1-c1cccnc1C. The Morgan fingerprint density at radius 1 is 1.00 bits per heavy atom. The molecular formula is C17H18N4O. The van der Waals surface area contributed by atoms with E-state index in [1.54, 1.807) is 13.3 Å². The van der Waals surface area contributed by atoms with E-state index in [0.29, 0.717) is 0 Å². The average molecular weight is 294 g/mol. The van der Waals surface area contributed by atoms with Gasteiger partial charge in [0.25, 0.3) is 0 Å². The third-order valence-corrected chi connectivity index (χ3v) is 3.72. The van der Waals surface area contributed by atoms with Crippen LogP contribution in [-0.4, -0.2) is 26.9 Å². The van der Waals surface area contributed by atoms with Crippen LogP contribution in [0.15, 0.2) is 36.5 Å². The highest BCUT2D eigenvalue weighted by Gasteiger charge is 2.19. The lowest BCUT2D eigenvalue weighted by atomic mass is 10.1. The molecule has 0 atom stereocenters. The van der Waals surface area contributed by atoms with Crippen LogP contribution in [0.2, 0.25) is 0 Å².